The molecule has 3 amide bonds. The van der Waals surface area contributed by atoms with Crippen LogP contribution in [0.4, 0.5) is 0 Å². The molecule has 0 aliphatic rings. The Morgan fingerprint density at radius 2 is 1.69 bits per heavy atom. The Hall–Kier alpha value is -1.99. The van der Waals surface area contributed by atoms with Crippen molar-refractivity contribution >= 4 is 51.2 Å². The topological polar surface area (TPSA) is 188 Å². The van der Waals surface area contributed by atoms with E-state index in [-0.39, 0.29) is 30.9 Å². The fourth-order valence-electron chi connectivity index (χ4n) is 1.94. The molecule has 2 unspecified atom stereocenters. The van der Waals surface area contributed by atoms with Crippen LogP contribution in [0.15, 0.2) is 0 Å². The van der Waals surface area contributed by atoms with E-state index in [1.54, 1.807) is 0 Å². The van der Waals surface area contributed by atoms with Gasteiger partial charge >= 0.3 is 11.9 Å². The van der Waals surface area contributed by atoms with Crippen LogP contribution in [0.3, 0.4) is 0 Å². The second-order valence-electron chi connectivity index (χ2n) is 5.88. The first-order valence-corrected chi connectivity index (χ1v) is 11.4. The van der Waals surface area contributed by atoms with Gasteiger partial charge in [-0.25, -0.2) is 0 Å². The summed E-state index contributed by atoms with van der Waals surface area (Å²) in [5, 5.41) is 24.8. The second kappa shape index (κ2) is 15.9. The average molecular weight is 453 g/mol. The average Bonchev–Trinajstić information content (AvgIpc) is 2.64. The Bertz CT molecular complexity index is 577. The summed E-state index contributed by atoms with van der Waals surface area (Å²) < 4.78 is 0. The predicted molar refractivity (Wildman–Crippen MR) is 110 cm³/mol. The molecule has 0 aromatic carbocycles. The first-order valence-electron chi connectivity index (χ1n) is 8.95. The molecule has 0 aliphatic heterocycles. The third kappa shape index (κ3) is 14.6. The molecule has 7 N–H and O–H groups in total. The van der Waals surface area contributed by atoms with Gasteiger partial charge in [-0.3, -0.25) is 24.0 Å². The highest BCUT2D eigenvalue weighted by Gasteiger charge is 2.22. The number of hydrogen-bond acceptors (Lipinski definition) is 8. The van der Waals surface area contributed by atoms with Gasteiger partial charge in [0.1, 0.15) is 18.6 Å². The van der Waals surface area contributed by atoms with Crippen molar-refractivity contribution in [3.05, 3.63) is 0 Å². The van der Waals surface area contributed by atoms with Crippen molar-refractivity contribution in [1.29, 1.82) is 0 Å². The van der Waals surface area contributed by atoms with Gasteiger partial charge in [0.2, 0.25) is 17.7 Å². The van der Waals surface area contributed by atoms with Crippen LogP contribution in [-0.4, -0.2) is 76.6 Å². The number of rotatable bonds is 16. The number of carbonyl (C=O) groups excluding carboxylic acids is 3. The Labute approximate surface area is 176 Å². The van der Waals surface area contributed by atoms with E-state index in [4.69, 9.17) is 15.9 Å². The van der Waals surface area contributed by atoms with Crippen LogP contribution in [-0.2, 0) is 24.0 Å². The first kappa shape index (κ1) is 27.0. The van der Waals surface area contributed by atoms with Crippen molar-refractivity contribution in [2.24, 2.45) is 5.73 Å². The van der Waals surface area contributed by atoms with Gasteiger partial charge in [-0.05, 0) is 19.8 Å². The number of carbonyl (C=O) groups is 5. The van der Waals surface area contributed by atoms with Crippen molar-refractivity contribution in [3.63, 3.8) is 0 Å². The summed E-state index contributed by atoms with van der Waals surface area (Å²) in [4.78, 5) is 56.8. The Morgan fingerprint density at radius 1 is 1.00 bits per heavy atom. The van der Waals surface area contributed by atoms with Gasteiger partial charge in [0.05, 0.1) is 0 Å². The zero-order valence-corrected chi connectivity index (χ0v) is 17.8. The minimum atomic E-state index is -1.21. The normalized spacial score (nSPS) is 12.5. The number of nitrogens with two attached hydrogens (primary N) is 1. The minimum Gasteiger partial charge on any atom is -0.480 e. The van der Waals surface area contributed by atoms with Crippen LogP contribution in [0.5, 0.6) is 0 Å². The summed E-state index contributed by atoms with van der Waals surface area (Å²) in [7, 11) is 2.63. The van der Waals surface area contributed by atoms with Crippen LogP contribution in [0.1, 0.15) is 32.6 Å². The van der Waals surface area contributed by atoms with Gasteiger partial charge < -0.3 is 31.9 Å². The molecule has 29 heavy (non-hydrogen) atoms. The summed E-state index contributed by atoms with van der Waals surface area (Å²) in [6.45, 7) is 1.79. The molecule has 13 heteroatoms. The van der Waals surface area contributed by atoms with E-state index in [9.17, 15) is 24.0 Å². The Balaban J connectivity index is 4.47. The lowest BCUT2D eigenvalue weighted by atomic mass is 10.1. The summed E-state index contributed by atoms with van der Waals surface area (Å²) in [6.07, 6.45) is 0.649. The summed E-state index contributed by atoms with van der Waals surface area (Å²) >= 11 is 0. The molecular weight excluding hydrogens is 424 g/mol. The highest BCUT2D eigenvalue weighted by Crippen LogP contribution is 2.23. The molecule has 11 nitrogen and oxygen atoms in total. The molecule has 0 heterocycles. The minimum absolute atomic E-state index is 0.0152. The molecule has 0 spiro atoms. The second-order valence-corrected chi connectivity index (χ2v) is 8.51. The molecule has 0 aromatic heterocycles. The number of aliphatic carboxylic acids is 2. The monoisotopic (exact) mass is 452 g/mol. The van der Waals surface area contributed by atoms with E-state index < -0.39 is 42.4 Å². The Morgan fingerprint density at radius 3 is 2.28 bits per heavy atom. The van der Waals surface area contributed by atoms with Gasteiger partial charge in [-0.2, -0.15) is 0 Å². The van der Waals surface area contributed by atoms with Crippen LogP contribution < -0.4 is 21.7 Å². The van der Waals surface area contributed by atoms with E-state index in [1.165, 1.54) is 21.6 Å². The van der Waals surface area contributed by atoms with E-state index in [1.807, 2.05) is 6.92 Å². The molecule has 0 radical (unpaired) electrons. The zero-order valence-electron chi connectivity index (χ0n) is 16.1. The smallest absolute Gasteiger partial charge is 0.322 e. The summed E-state index contributed by atoms with van der Waals surface area (Å²) in [6, 6.07) is -2.02. The molecule has 0 saturated carbocycles. The maximum absolute atomic E-state index is 12.1. The SMILES string of the molecule is CCNC(=O)CCSSCC(NC(=O)CCCC(N)C(=O)O)C(=O)NCC(=O)O. The van der Waals surface area contributed by atoms with E-state index in [0.29, 0.717) is 18.7 Å². The predicted octanol–water partition coefficient (Wildman–Crippen LogP) is -0.838. The fourth-order valence-corrected chi connectivity index (χ4v) is 4.09. The van der Waals surface area contributed by atoms with Crippen LogP contribution in [0.25, 0.3) is 0 Å². The van der Waals surface area contributed by atoms with Crippen molar-refractivity contribution < 1.29 is 34.2 Å². The molecule has 0 rings (SSSR count). The number of carboxylic acid groups (broad SMARTS) is 2. The van der Waals surface area contributed by atoms with E-state index in [0.717, 1.165) is 0 Å². The molecule has 0 saturated heterocycles. The van der Waals surface area contributed by atoms with Crippen LogP contribution in [0.2, 0.25) is 0 Å². The Kier molecular flexibility index (Phi) is 14.8. The van der Waals surface area contributed by atoms with E-state index >= 15 is 0 Å². The van der Waals surface area contributed by atoms with Gasteiger partial charge in [0, 0.05) is 30.9 Å². The lowest BCUT2D eigenvalue weighted by Crippen LogP contribution is -2.49. The quantitative estimate of drug-likeness (QED) is 0.127. The maximum atomic E-state index is 12.1. The number of amides is 3. The van der Waals surface area contributed by atoms with Crippen LogP contribution in [0, 0.1) is 0 Å². The highest BCUT2D eigenvalue weighted by molar-refractivity contribution is 8.76. The largest absolute Gasteiger partial charge is 0.480 e. The van der Waals surface area contributed by atoms with E-state index in [2.05, 4.69) is 16.0 Å². The van der Waals surface area contributed by atoms with Gasteiger partial charge in [-0.1, -0.05) is 21.6 Å². The number of hydrogen-bond donors (Lipinski definition) is 6. The third-order valence-corrected chi connectivity index (χ3v) is 5.82. The fraction of sp³-hybridized carbons (Fsp3) is 0.688. The van der Waals surface area contributed by atoms with Crippen LogP contribution >= 0.6 is 21.6 Å². The maximum Gasteiger partial charge on any atom is 0.322 e. The van der Waals surface area contributed by atoms with Crippen molar-refractivity contribution in [2.75, 3.05) is 24.6 Å². The lowest BCUT2D eigenvalue weighted by Gasteiger charge is -2.17. The van der Waals surface area contributed by atoms with Crippen molar-refractivity contribution in [1.82, 2.24) is 16.0 Å². The highest BCUT2D eigenvalue weighted by atomic mass is 33.1. The van der Waals surface area contributed by atoms with Gasteiger partial charge in [0.25, 0.3) is 0 Å². The first-order chi connectivity index (χ1) is 13.7. The molecule has 2 atom stereocenters. The molecule has 0 fully saturated rings. The molecule has 0 aliphatic carbocycles. The van der Waals surface area contributed by atoms with Crippen molar-refractivity contribution in [2.45, 2.75) is 44.7 Å². The molecule has 0 bridgehead atoms. The van der Waals surface area contributed by atoms with Gasteiger partial charge in [-0.15, -0.1) is 0 Å². The number of carboxylic acids is 2. The standard InChI is InChI=1S/C16H28N4O7S2/c1-2-18-12(21)6-7-28-29-9-11(15(25)19-8-14(23)24)20-13(22)5-3-4-10(17)16(26)27/h10-11H,2-9,17H2,1H3,(H,18,21)(H,19,25)(H,20,22)(H,23,24)(H,26,27). The molecule has 0 aromatic rings. The molecule has 166 valence electrons. The van der Waals surface area contributed by atoms with Gasteiger partial charge in [0.15, 0.2) is 0 Å². The third-order valence-electron chi connectivity index (χ3n) is 3.41. The lowest BCUT2D eigenvalue weighted by molar-refractivity contribution is -0.139. The van der Waals surface area contributed by atoms with Crippen molar-refractivity contribution in [3.8, 4) is 0 Å². The number of nitrogens with one attached hydrogen (secondary N) is 3. The summed E-state index contributed by atoms with van der Waals surface area (Å²) in [5.74, 6) is -2.87. The zero-order chi connectivity index (χ0) is 22.2. The summed E-state index contributed by atoms with van der Waals surface area (Å²) in [5.41, 5.74) is 5.37. The molecular formula is C16H28N4O7S2.